The Morgan fingerprint density at radius 3 is 2.21 bits per heavy atom. The molecule has 1 aromatic carbocycles. The maximum Gasteiger partial charge on any atom is 0.0650 e. The van der Waals surface area contributed by atoms with E-state index in [-0.39, 0.29) is 19.3 Å². The molecule has 0 heterocycles. The average molecular weight is 306 g/mol. The minimum atomic E-state index is -0.674. The van der Waals surface area contributed by atoms with Crippen molar-refractivity contribution in [1.82, 2.24) is 5.32 Å². The number of aliphatic hydroxyl groups excluding tert-OH is 2. The molecule has 5 heteroatoms. The number of halogens is 2. The SMILES string of the molecule is CCC(NC(CC)(CO)CO)c1ccc(Cl)c(Cl)c1. The molecular formula is C14H21Cl2NO2. The van der Waals surface area contributed by atoms with Crippen LogP contribution in [0.2, 0.25) is 10.0 Å². The third-order valence-corrected chi connectivity index (χ3v) is 4.26. The van der Waals surface area contributed by atoms with Crippen molar-refractivity contribution in [3.63, 3.8) is 0 Å². The number of rotatable bonds is 7. The van der Waals surface area contributed by atoms with Crippen molar-refractivity contribution in [2.24, 2.45) is 0 Å². The first-order chi connectivity index (χ1) is 9.01. The van der Waals surface area contributed by atoms with Crippen molar-refractivity contribution in [1.29, 1.82) is 0 Å². The van der Waals surface area contributed by atoms with Gasteiger partial charge in [0.05, 0.1) is 28.8 Å². The number of nitrogens with one attached hydrogen (secondary N) is 1. The predicted octanol–water partition coefficient (Wildman–Crippen LogP) is 3.17. The maximum atomic E-state index is 9.50. The lowest BCUT2D eigenvalue weighted by atomic mass is 9.94. The van der Waals surface area contributed by atoms with Crippen LogP contribution in [0.4, 0.5) is 0 Å². The molecule has 0 aliphatic rings. The standard InChI is InChI=1S/C14H21Cl2NO2/c1-3-13(17-14(4-2,8-18)9-19)10-5-6-11(15)12(16)7-10/h5-7,13,17-19H,3-4,8-9H2,1-2H3. The van der Waals surface area contributed by atoms with Gasteiger partial charge in [0.2, 0.25) is 0 Å². The summed E-state index contributed by atoms with van der Waals surface area (Å²) in [4.78, 5) is 0. The number of benzene rings is 1. The molecule has 1 atom stereocenters. The quantitative estimate of drug-likeness (QED) is 0.725. The van der Waals surface area contributed by atoms with E-state index < -0.39 is 5.54 Å². The minimum Gasteiger partial charge on any atom is -0.394 e. The van der Waals surface area contributed by atoms with E-state index in [0.29, 0.717) is 16.5 Å². The van der Waals surface area contributed by atoms with Gasteiger partial charge in [-0.25, -0.2) is 0 Å². The lowest BCUT2D eigenvalue weighted by molar-refractivity contribution is 0.0768. The molecule has 1 aromatic rings. The van der Waals surface area contributed by atoms with Gasteiger partial charge in [-0.05, 0) is 30.5 Å². The minimum absolute atomic E-state index is 0.00835. The molecule has 0 aromatic heterocycles. The molecule has 1 rings (SSSR count). The highest BCUT2D eigenvalue weighted by atomic mass is 35.5. The lowest BCUT2D eigenvalue weighted by Crippen LogP contribution is -2.52. The second-order valence-electron chi connectivity index (χ2n) is 4.73. The molecule has 0 bridgehead atoms. The summed E-state index contributed by atoms with van der Waals surface area (Å²) in [7, 11) is 0. The van der Waals surface area contributed by atoms with Crippen LogP contribution in [-0.2, 0) is 0 Å². The van der Waals surface area contributed by atoms with E-state index in [9.17, 15) is 10.2 Å². The summed E-state index contributed by atoms with van der Waals surface area (Å²) in [6.45, 7) is 3.74. The van der Waals surface area contributed by atoms with Gasteiger partial charge in [0.15, 0.2) is 0 Å². The van der Waals surface area contributed by atoms with E-state index in [0.717, 1.165) is 12.0 Å². The fourth-order valence-corrected chi connectivity index (χ4v) is 2.29. The third kappa shape index (κ3) is 4.07. The van der Waals surface area contributed by atoms with Crippen LogP contribution in [0.3, 0.4) is 0 Å². The highest BCUT2D eigenvalue weighted by molar-refractivity contribution is 6.42. The van der Waals surface area contributed by atoms with Gasteiger partial charge in [-0.1, -0.05) is 43.1 Å². The fraction of sp³-hybridized carbons (Fsp3) is 0.571. The van der Waals surface area contributed by atoms with Crippen LogP contribution >= 0.6 is 23.2 Å². The van der Waals surface area contributed by atoms with Crippen LogP contribution in [0.5, 0.6) is 0 Å². The average Bonchev–Trinajstić information content (AvgIpc) is 2.44. The molecule has 0 spiro atoms. The van der Waals surface area contributed by atoms with Crippen LogP contribution in [0.25, 0.3) is 0 Å². The highest BCUT2D eigenvalue weighted by Crippen LogP contribution is 2.28. The van der Waals surface area contributed by atoms with Crippen molar-refractivity contribution in [2.45, 2.75) is 38.3 Å². The van der Waals surface area contributed by atoms with Gasteiger partial charge in [-0.2, -0.15) is 0 Å². The first-order valence-electron chi connectivity index (χ1n) is 6.46. The Morgan fingerprint density at radius 1 is 1.16 bits per heavy atom. The van der Waals surface area contributed by atoms with Crippen molar-refractivity contribution < 1.29 is 10.2 Å². The Balaban J connectivity index is 2.97. The van der Waals surface area contributed by atoms with Gasteiger partial charge in [0, 0.05) is 6.04 Å². The van der Waals surface area contributed by atoms with Crippen LogP contribution in [-0.4, -0.2) is 29.0 Å². The Hall–Kier alpha value is -0.320. The molecule has 0 saturated carbocycles. The molecule has 0 aliphatic heterocycles. The smallest absolute Gasteiger partial charge is 0.0650 e. The van der Waals surface area contributed by atoms with Gasteiger partial charge in [0.1, 0.15) is 0 Å². The first-order valence-corrected chi connectivity index (χ1v) is 7.21. The summed E-state index contributed by atoms with van der Waals surface area (Å²) in [5, 5.41) is 23.3. The third-order valence-electron chi connectivity index (χ3n) is 3.52. The summed E-state index contributed by atoms with van der Waals surface area (Å²) >= 11 is 11.9. The Labute approximate surface area is 124 Å². The number of aliphatic hydroxyl groups is 2. The molecular weight excluding hydrogens is 285 g/mol. The van der Waals surface area contributed by atoms with Crippen LogP contribution in [0.15, 0.2) is 18.2 Å². The lowest BCUT2D eigenvalue weighted by Gasteiger charge is -2.34. The first kappa shape index (κ1) is 16.7. The van der Waals surface area contributed by atoms with Crippen molar-refractivity contribution in [3.05, 3.63) is 33.8 Å². The molecule has 3 nitrogen and oxygen atoms in total. The van der Waals surface area contributed by atoms with Crippen LogP contribution in [0, 0.1) is 0 Å². The molecule has 0 amide bonds. The van der Waals surface area contributed by atoms with E-state index in [1.54, 1.807) is 6.07 Å². The maximum absolute atomic E-state index is 9.50. The largest absolute Gasteiger partial charge is 0.394 e. The molecule has 0 radical (unpaired) electrons. The van der Waals surface area contributed by atoms with Gasteiger partial charge in [-0.3, -0.25) is 0 Å². The molecule has 19 heavy (non-hydrogen) atoms. The normalized spacial score (nSPS) is 13.6. The van der Waals surface area contributed by atoms with Gasteiger partial charge in [0.25, 0.3) is 0 Å². The van der Waals surface area contributed by atoms with Crippen molar-refractivity contribution in [2.75, 3.05) is 13.2 Å². The van der Waals surface area contributed by atoms with E-state index in [4.69, 9.17) is 23.2 Å². The Bertz CT molecular complexity index is 400. The van der Waals surface area contributed by atoms with Crippen LogP contribution in [0.1, 0.15) is 38.3 Å². The fourth-order valence-electron chi connectivity index (χ4n) is 1.99. The Kier molecular flexibility index (Phi) is 6.57. The summed E-state index contributed by atoms with van der Waals surface area (Å²) in [5.74, 6) is 0. The zero-order chi connectivity index (χ0) is 14.5. The summed E-state index contributed by atoms with van der Waals surface area (Å²) < 4.78 is 0. The second kappa shape index (κ2) is 7.46. The second-order valence-corrected chi connectivity index (χ2v) is 5.54. The van der Waals surface area contributed by atoms with Gasteiger partial charge in [-0.15, -0.1) is 0 Å². The molecule has 0 aliphatic carbocycles. The zero-order valence-corrected chi connectivity index (χ0v) is 12.8. The topological polar surface area (TPSA) is 52.5 Å². The summed E-state index contributed by atoms with van der Waals surface area (Å²) in [5.41, 5.74) is 0.323. The molecule has 0 saturated heterocycles. The highest BCUT2D eigenvalue weighted by Gasteiger charge is 2.29. The Morgan fingerprint density at radius 2 is 1.79 bits per heavy atom. The number of hydrogen-bond donors (Lipinski definition) is 3. The summed E-state index contributed by atoms with van der Waals surface area (Å²) in [6.07, 6.45) is 1.46. The van der Waals surface area contributed by atoms with E-state index in [1.165, 1.54) is 0 Å². The molecule has 1 unspecified atom stereocenters. The van der Waals surface area contributed by atoms with Gasteiger partial charge >= 0.3 is 0 Å². The zero-order valence-electron chi connectivity index (χ0n) is 11.3. The summed E-state index contributed by atoms with van der Waals surface area (Å²) in [6, 6.07) is 5.49. The molecule has 0 fully saturated rings. The van der Waals surface area contributed by atoms with Crippen molar-refractivity contribution in [3.8, 4) is 0 Å². The van der Waals surface area contributed by atoms with Crippen molar-refractivity contribution >= 4 is 23.2 Å². The number of hydrogen-bond acceptors (Lipinski definition) is 3. The van der Waals surface area contributed by atoms with E-state index in [1.807, 2.05) is 26.0 Å². The molecule has 108 valence electrons. The monoisotopic (exact) mass is 305 g/mol. The predicted molar refractivity (Wildman–Crippen MR) is 79.8 cm³/mol. The molecule has 3 N–H and O–H groups in total. The van der Waals surface area contributed by atoms with E-state index >= 15 is 0 Å². The van der Waals surface area contributed by atoms with Gasteiger partial charge < -0.3 is 15.5 Å². The van der Waals surface area contributed by atoms with Crippen LogP contribution < -0.4 is 5.32 Å². The van der Waals surface area contributed by atoms with E-state index in [2.05, 4.69) is 5.32 Å².